The molecule has 5 rings (SSSR count). The van der Waals surface area contributed by atoms with Crippen molar-refractivity contribution in [3.05, 3.63) is 83.4 Å². The van der Waals surface area contributed by atoms with Crippen LogP contribution in [0.2, 0.25) is 0 Å². The van der Waals surface area contributed by atoms with E-state index in [-0.39, 0.29) is 0 Å². The van der Waals surface area contributed by atoms with Gasteiger partial charge in [0.25, 0.3) is 0 Å². The van der Waals surface area contributed by atoms with Gasteiger partial charge in [0.1, 0.15) is 12.4 Å². The third-order valence-corrected chi connectivity index (χ3v) is 5.39. The van der Waals surface area contributed by atoms with E-state index < -0.39 is 0 Å². The fourth-order valence-corrected chi connectivity index (χ4v) is 3.74. The van der Waals surface area contributed by atoms with Crippen molar-refractivity contribution in [3.8, 4) is 5.88 Å². The van der Waals surface area contributed by atoms with Crippen molar-refractivity contribution in [1.29, 1.82) is 0 Å². The summed E-state index contributed by atoms with van der Waals surface area (Å²) in [5.41, 5.74) is 7.06. The molecule has 4 aromatic rings. The van der Waals surface area contributed by atoms with E-state index in [9.17, 15) is 0 Å². The number of fused-ring (bicyclic) bond motifs is 1. The standard InChI is InChI=1S/C25H26N6O2/c1-19-6-5-9-21(14-19)17-26-28-22-15-25(30-10-12-32-13-11-30)31-23(27-22)16-24(29-31)33-18-20-7-3-2-4-8-20/h2-9,14-17H,10-13,18H2,1H3,(H,27,28). The van der Waals surface area contributed by atoms with E-state index in [4.69, 9.17) is 14.5 Å². The normalized spacial score (nSPS) is 14.2. The number of benzene rings is 2. The first-order valence-electron chi connectivity index (χ1n) is 11.0. The molecule has 1 aliphatic heterocycles. The number of ether oxygens (including phenoxy) is 2. The third kappa shape index (κ3) is 5.12. The first-order chi connectivity index (χ1) is 16.2. The molecule has 1 fully saturated rings. The second-order valence-corrected chi connectivity index (χ2v) is 7.91. The lowest BCUT2D eigenvalue weighted by Gasteiger charge is -2.29. The van der Waals surface area contributed by atoms with E-state index in [2.05, 4.69) is 39.6 Å². The van der Waals surface area contributed by atoms with Crippen molar-refractivity contribution in [2.75, 3.05) is 36.6 Å². The summed E-state index contributed by atoms with van der Waals surface area (Å²) in [5.74, 6) is 2.09. The van der Waals surface area contributed by atoms with Crippen LogP contribution in [-0.4, -0.2) is 47.1 Å². The maximum Gasteiger partial charge on any atom is 0.235 e. The zero-order chi connectivity index (χ0) is 22.5. The molecule has 2 aromatic carbocycles. The molecule has 0 amide bonds. The van der Waals surface area contributed by atoms with Crippen LogP contribution in [0.4, 0.5) is 11.6 Å². The van der Waals surface area contributed by atoms with Gasteiger partial charge in [0.05, 0.1) is 19.4 Å². The average Bonchev–Trinajstić information content (AvgIpc) is 3.26. The molecule has 8 heteroatoms. The van der Waals surface area contributed by atoms with E-state index in [0.29, 0.717) is 37.2 Å². The number of aryl methyl sites for hydroxylation is 1. The van der Waals surface area contributed by atoms with E-state index in [1.54, 1.807) is 6.21 Å². The van der Waals surface area contributed by atoms with Gasteiger partial charge in [-0.15, -0.1) is 5.10 Å². The lowest BCUT2D eigenvalue weighted by molar-refractivity contribution is 0.122. The molecule has 0 unspecified atom stereocenters. The van der Waals surface area contributed by atoms with Crippen molar-refractivity contribution in [2.24, 2.45) is 5.10 Å². The number of hydrazone groups is 1. The van der Waals surface area contributed by atoms with E-state index in [1.807, 2.05) is 59.1 Å². The number of rotatable bonds is 7. The summed E-state index contributed by atoms with van der Waals surface area (Å²) in [5, 5.41) is 9.05. The Balaban J connectivity index is 1.41. The van der Waals surface area contributed by atoms with Crippen LogP contribution in [0.15, 0.2) is 71.8 Å². The van der Waals surface area contributed by atoms with Crippen molar-refractivity contribution in [2.45, 2.75) is 13.5 Å². The van der Waals surface area contributed by atoms with Crippen LogP contribution in [0.25, 0.3) is 5.65 Å². The van der Waals surface area contributed by atoms with Crippen LogP contribution in [0.3, 0.4) is 0 Å². The molecule has 0 saturated carbocycles. The van der Waals surface area contributed by atoms with Gasteiger partial charge in [-0.1, -0.05) is 60.2 Å². The van der Waals surface area contributed by atoms with Gasteiger partial charge in [0, 0.05) is 25.2 Å². The Labute approximate surface area is 192 Å². The van der Waals surface area contributed by atoms with E-state index in [0.717, 1.165) is 30.0 Å². The summed E-state index contributed by atoms with van der Waals surface area (Å²) in [6.45, 7) is 5.43. The Morgan fingerprint density at radius 2 is 1.91 bits per heavy atom. The minimum Gasteiger partial charge on any atom is -0.472 e. The molecule has 1 saturated heterocycles. The second-order valence-electron chi connectivity index (χ2n) is 7.91. The lowest BCUT2D eigenvalue weighted by atomic mass is 10.2. The first-order valence-corrected chi connectivity index (χ1v) is 11.0. The fourth-order valence-electron chi connectivity index (χ4n) is 3.74. The maximum absolute atomic E-state index is 5.94. The minimum absolute atomic E-state index is 0.448. The number of aromatic nitrogens is 3. The topological polar surface area (TPSA) is 76.3 Å². The first kappa shape index (κ1) is 21.0. The highest BCUT2D eigenvalue weighted by Crippen LogP contribution is 2.24. The highest BCUT2D eigenvalue weighted by molar-refractivity contribution is 5.80. The third-order valence-electron chi connectivity index (χ3n) is 5.39. The summed E-state index contributed by atoms with van der Waals surface area (Å²) in [4.78, 5) is 6.93. The SMILES string of the molecule is Cc1cccc(C=NNc2cc(N3CCOCC3)n3nc(OCc4ccccc4)cc3n2)c1. The molecule has 0 bridgehead atoms. The highest BCUT2D eigenvalue weighted by Gasteiger charge is 2.18. The Bertz CT molecular complexity index is 1250. The summed E-state index contributed by atoms with van der Waals surface area (Å²) in [6.07, 6.45) is 1.79. The monoisotopic (exact) mass is 442 g/mol. The van der Waals surface area contributed by atoms with Crippen LogP contribution >= 0.6 is 0 Å². The molecular weight excluding hydrogens is 416 g/mol. The number of hydrogen-bond donors (Lipinski definition) is 1. The fraction of sp³-hybridized carbons (Fsp3) is 0.240. The van der Waals surface area contributed by atoms with Gasteiger partial charge < -0.3 is 14.4 Å². The average molecular weight is 443 g/mol. The van der Waals surface area contributed by atoms with Gasteiger partial charge in [-0.25, -0.2) is 4.98 Å². The van der Waals surface area contributed by atoms with Crippen molar-refractivity contribution in [1.82, 2.24) is 14.6 Å². The quantitative estimate of drug-likeness (QED) is 0.346. The zero-order valence-corrected chi connectivity index (χ0v) is 18.5. The molecule has 0 aliphatic carbocycles. The predicted octanol–water partition coefficient (Wildman–Crippen LogP) is 3.90. The van der Waals surface area contributed by atoms with E-state index in [1.165, 1.54) is 5.56 Å². The molecule has 2 aromatic heterocycles. The molecule has 0 spiro atoms. The molecule has 0 atom stereocenters. The van der Waals surface area contributed by atoms with Crippen molar-refractivity contribution >= 4 is 23.5 Å². The van der Waals surface area contributed by atoms with Gasteiger partial charge in [-0.05, 0) is 18.1 Å². The molecular formula is C25H26N6O2. The maximum atomic E-state index is 5.94. The van der Waals surface area contributed by atoms with Crippen LogP contribution in [0, 0.1) is 6.92 Å². The van der Waals surface area contributed by atoms with Crippen LogP contribution in [0.5, 0.6) is 5.88 Å². The number of morpholine rings is 1. The summed E-state index contributed by atoms with van der Waals surface area (Å²) < 4.78 is 13.3. The largest absolute Gasteiger partial charge is 0.472 e. The number of hydrogen-bond acceptors (Lipinski definition) is 7. The van der Waals surface area contributed by atoms with Crippen LogP contribution in [0.1, 0.15) is 16.7 Å². The summed E-state index contributed by atoms with van der Waals surface area (Å²) in [6, 6.07) is 22.0. The molecule has 8 nitrogen and oxygen atoms in total. The minimum atomic E-state index is 0.448. The van der Waals surface area contributed by atoms with Crippen molar-refractivity contribution in [3.63, 3.8) is 0 Å². The second kappa shape index (κ2) is 9.70. The van der Waals surface area contributed by atoms with Gasteiger partial charge in [0.2, 0.25) is 5.88 Å². The van der Waals surface area contributed by atoms with Crippen LogP contribution in [-0.2, 0) is 11.3 Å². The summed E-state index contributed by atoms with van der Waals surface area (Å²) >= 11 is 0. The van der Waals surface area contributed by atoms with Gasteiger partial charge >= 0.3 is 0 Å². The molecule has 0 radical (unpaired) electrons. The van der Waals surface area contributed by atoms with E-state index >= 15 is 0 Å². The Morgan fingerprint density at radius 3 is 2.73 bits per heavy atom. The van der Waals surface area contributed by atoms with Gasteiger partial charge in [-0.2, -0.15) is 9.62 Å². The molecule has 33 heavy (non-hydrogen) atoms. The Hall–Kier alpha value is -3.91. The van der Waals surface area contributed by atoms with Gasteiger partial charge in [-0.3, -0.25) is 5.43 Å². The highest BCUT2D eigenvalue weighted by atomic mass is 16.5. The summed E-state index contributed by atoms with van der Waals surface area (Å²) in [7, 11) is 0. The zero-order valence-electron chi connectivity index (χ0n) is 18.5. The van der Waals surface area contributed by atoms with Gasteiger partial charge in [0.15, 0.2) is 11.5 Å². The number of nitrogens with one attached hydrogen (secondary N) is 1. The number of anilines is 2. The van der Waals surface area contributed by atoms with Crippen LogP contribution < -0.4 is 15.1 Å². The van der Waals surface area contributed by atoms with Crippen molar-refractivity contribution < 1.29 is 9.47 Å². The molecule has 168 valence electrons. The smallest absolute Gasteiger partial charge is 0.235 e. The Morgan fingerprint density at radius 1 is 1.06 bits per heavy atom. The molecule has 1 N–H and O–H groups in total. The Kier molecular flexibility index (Phi) is 6.16. The lowest BCUT2D eigenvalue weighted by Crippen LogP contribution is -2.37. The number of nitrogens with zero attached hydrogens (tertiary/aromatic N) is 5. The molecule has 1 aliphatic rings. The predicted molar refractivity (Wildman–Crippen MR) is 129 cm³/mol. The molecule has 3 heterocycles.